The van der Waals surface area contributed by atoms with Crippen LogP contribution in [-0.2, 0) is 0 Å². The molecule has 0 aliphatic heterocycles. The van der Waals surface area contributed by atoms with Gasteiger partial charge in [-0.1, -0.05) is 27.7 Å². The van der Waals surface area contributed by atoms with E-state index in [4.69, 9.17) is 4.98 Å². The number of hydrogen-bond acceptors (Lipinski definition) is 1. The summed E-state index contributed by atoms with van der Waals surface area (Å²) in [7, 11) is 0. The van der Waals surface area contributed by atoms with Gasteiger partial charge in [-0.05, 0) is 24.0 Å². The van der Waals surface area contributed by atoms with Crippen LogP contribution < -0.4 is 0 Å². The molecule has 0 amide bonds. The van der Waals surface area contributed by atoms with E-state index in [2.05, 4.69) is 44.8 Å². The van der Waals surface area contributed by atoms with E-state index in [1.165, 1.54) is 22.3 Å². The molecule has 0 fully saturated rings. The number of rotatable bonds is 2. The van der Waals surface area contributed by atoms with Gasteiger partial charge in [0.15, 0.2) is 0 Å². The molecule has 15 heavy (non-hydrogen) atoms. The van der Waals surface area contributed by atoms with Crippen LogP contribution in [0, 0.1) is 0 Å². The Balaban J connectivity index is 2.69. The van der Waals surface area contributed by atoms with Crippen molar-refractivity contribution < 1.29 is 0 Å². The molecule has 0 aromatic carbocycles. The fourth-order valence-corrected chi connectivity index (χ4v) is 1.82. The standard InChI is InChI=1S/C13H18N2/c1-8(2)11-7-10-5-6-14-13(10)12(15-11)9(3)4/h5-9,14H,1-4H3. The number of nitrogens with one attached hydrogen (secondary N) is 1. The summed E-state index contributed by atoms with van der Waals surface area (Å²) in [5.41, 5.74) is 3.56. The molecule has 0 unspecified atom stereocenters. The Morgan fingerprint density at radius 1 is 1.13 bits per heavy atom. The van der Waals surface area contributed by atoms with E-state index in [-0.39, 0.29) is 0 Å². The van der Waals surface area contributed by atoms with E-state index in [1.807, 2.05) is 6.20 Å². The van der Waals surface area contributed by atoms with Crippen molar-refractivity contribution in [3.05, 3.63) is 29.7 Å². The molecule has 0 radical (unpaired) electrons. The van der Waals surface area contributed by atoms with Gasteiger partial charge in [-0.15, -0.1) is 0 Å². The molecule has 0 aliphatic carbocycles. The maximum atomic E-state index is 4.74. The first-order chi connectivity index (χ1) is 7.09. The summed E-state index contributed by atoms with van der Waals surface area (Å²) in [5.74, 6) is 0.951. The summed E-state index contributed by atoms with van der Waals surface area (Å²) >= 11 is 0. The van der Waals surface area contributed by atoms with E-state index in [1.54, 1.807) is 0 Å². The van der Waals surface area contributed by atoms with Gasteiger partial charge in [0.2, 0.25) is 0 Å². The summed E-state index contributed by atoms with van der Waals surface area (Å²) < 4.78 is 0. The zero-order valence-electron chi connectivity index (χ0n) is 9.83. The van der Waals surface area contributed by atoms with Crippen LogP contribution in [0.4, 0.5) is 0 Å². The fraction of sp³-hybridized carbons (Fsp3) is 0.462. The van der Waals surface area contributed by atoms with Gasteiger partial charge in [0, 0.05) is 17.3 Å². The predicted molar refractivity (Wildman–Crippen MR) is 64.3 cm³/mol. The van der Waals surface area contributed by atoms with Crippen LogP contribution in [0.15, 0.2) is 18.3 Å². The molecule has 2 nitrogen and oxygen atoms in total. The maximum Gasteiger partial charge on any atom is 0.0676 e. The highest BCUT2D eigenvalue weighted by atomic mass is 14.8. The number of hydrogen-bond donors (Lipinski definition) is 1. The average Bonchev–Trinajstić information content (AvgIpc) is 2.62. The summed E-state index contributed by atoms with van der Waals surface area (Å²) in [5, 5.41) is 1.28. The number of pyridine rings is 1. The lowest BCUT2D eigenvalue weighted by molar-refractivity contribution is 0.773. The number of fused-ring (bicyclic) bond motifs is 1. The van der Waals surface area contributed by atoms with Gasteiger partial charge in [0.25, 0.3) is 0 Å². The molecule has 0 bridgehead atoms. The molecule has 2 heterocycles. The second-order valence-corrected chi connectivity index (χ2v) is 4.68. The summed E-state index contributed by atoms with van der Waals surface area (Å²) in [6, 6.07) is 4.30. The average molecular weight is 202 g/mol. The quantitative estimate of drug-likeness (QED) is 0.788. The zero-order valence-corrected chi connectivity index (χ0v) is 9.83. The summed E-state index contributed by atoms with van der Waals surface area (Å²) in [6.07, 6.45) is 1.99. The highest BCUT2D eigenvalue weighted by molar-refractivity contribution is 5.82. The van der Waals surface area contributed by atoms with Crippen molar-refractivity contribution in [3.63, 3.8) is 0 Å². The Bertz CT molecular complexity index is 466. The van der Waals surface area contributed by atoms with Gasteiger partial charge in [-0.3, -0.25) is 4.98 Å². The van der Waals surface area contributed by atoms with Crippen LogP contribution >= 0.6 is 0 Å². The predicted octanol–water partition coefficient (Wildman–Crippen LogP) is 3.81. The van der Waals surface area contributed by atoms with Gasteiger partial charge >= 0.3 is 0 Å². The normalized spacial score (nSPS) is 11.9. The monoisotopic (exact) mass is 202 g/mol. The van der Waals surface area contributed by atoms with E-state index in [9.17, 15) is 0 Å². The van der Waals surface area contributed by atoms with Crippen molar-refractivity contribution in [2.75, 3.05) is 0 Å². The molecule has 2 aromatic heterocycles. The molecule has 0 atom stereocenters. The molecule has 0 saturated carbocycles. The Morgan fingerprint density at radius 2 is 1.87 bits per heavy atom. The molecule has 80 valence electrons. The highest BCUT2D eigenvalue weighted by Gasteiger charge is 2.11. The topological polar surface area (TPSA) is 28.7 Å². The summed E-state index contributed by atoms with van der Waals surface area (Å²) in [4.78, 5) is 8.01. The van der Waals surface area contributed by atoms with Crippen LogP contribution in [0.3, 0.4) is 0 Å². The molecule has 2 heteroatoms. The van der Waals surface area contributed by atoms with Gasteiger partial charge in [-0.25, -0.2) is 0 Å². The first-order valence-corrected chi connectivity index (χ1v) is 5.57. The van der Waals surface area contributed by atoms with E-state index >= 15 is 0 Å². The largest absolute Gasteiger partial charge is 0.360 e. The highest BCUT2D eigenvalue weighted by Crippen LogP contribution is 2.25. The smallest absolute Gasteiger partial charge is 0.0676 e. The van der Waals surface area contributed by atoms with Gasteiger partial charge in [0.05, 0.1) is 11.2 Å². The van der Waals surface area contributed by atoms with Crippen molar-refractivity contribution in [3.8, 4) is 0 Å². The molecule has 0 saturated heterocycles. The van der Waals surface area contributed by atoms with Crippen LogP contribution in [0.5, 0.6) is 0 Å². The van der Waals surface area contributed by atoms with Crippen LogP contribution in [-0.4, -0.2) is 9.97 Å². The van der Waals surface area contributed by atoms with E-state index < -0.39 is 0 Å². The zero-order chi connectivity index (χ0) is 11.0. The Hall–Kier alpha value is -1.31. The van der Waals surface area contributed by atoms with Crippen molar-refractivity contribution in [2.45, 2.75) is 39.5 Å². The third-order valence-electron chi connectivity index (χ3n) is 2.73. The Labute approximate surface area is 90.7 Å². The Kier molecular flexibility index (Phi) is 2.51. The van der Waals surface area contributed by atoms with Crippen LogP contribution in [0.1, 0.15) is 50.9 Å². The lowest BCUT2D eigenvalue weighted by Crippen LogP contribution is -2.00. The van der Waals surface area contributed by atoms with Crippen molar-refractivity contribution in [2.24, 2.45) is 0 Å². The number of H-pyrrole nitrogens is 1. The SMILES string of the molecule is CC(C)c1cc2cc[nH]c2c(C(C)C)n1. The summed E-state index contributed by atoms with van der Waals surface area (Å²) in [6.45, 7) is 8.75. The van der Waals surface area contributed by atoms with Crippen molar-refractivity contribution in [1.29, 1.82) is 0 Å². The maximum absolute atomic E-state index is 4.74. The van der Waals surface area contributed by atoms with Crippen molar-refractivity contribution >= 4 is 10.9 Å². The molecule has 2 aromatic rings. The molecular formula is C13H18N2. The lowest BCUT2D eigenvalue weighted by atomic mass is 10.0. The van der Waals surface area contributed by atoms with Gasteiger partial charge in [0.1, 0.15) is 0 Å². The van der Waals surface area contributed by atoms with Gasteiger partial charge < -0.3 is 4.98 Å². The lowest BCUT2D eigenvalue weighted by Gasteiger charge is -2.11. The third-order valence-corrected chi connectivity index (χ3v) is 2.73. The minimum absolute atomic E-state index is 0.463. The van der Waals surface area contributed by atoms with Crippen LogP contribution in [0.25, 0.3) is 10.9 Å². The van der Waals surface area contributed by atoms with E-state index in [0.717, 1.165) is 0 Å². The first-order valence-electron chi connectivity index (χ1n) is 5.57. The van der Waals surface area contributed by atoms with Crippen molar-refractivity contribution in [1.82, 2.24) is 9.97 Å². The second kappa shape index (κ2) is 3.69. The molecule has 2 rings (SSSR count). The molecular weight excluding hydrogens is 184 g/mol. The Morgan fingerprint density at radius 3 is 2.47 bits per heavy atom. The molecule has 0 spiro atoms. The number of nitrogens with zero attached hydrogens (tertiary/aromatic N) is 1. The minimum atomic E-state index is 0.463. The van der Waals surface area contributed by atoms with Crippen LogP contribution in [0.2, 0.25) is 0 Å². The molecule has 0 aliphatic rings. The number of aromatic amines is 1. The first kappa shape index (κ1) is 10.2. The minimum Gasteiger partial charge on any atom is -0.360 e. The molecule has 1 N–H and O–H groups in total. The van der Waals surface area contributed by atoms with E-state index in [0.29, 0.717) is 11.8 Å². The number of aromatic nitrogens is 2. The fourth-order valence-electron chi connectivity index (χ4n) is 1.82. The van der Waals surface area contributed by atoms with Gasteiger partial charge in [-0.2, -0.15) is 0 Å². The second-order valence-electron chi connectivity index (χ2n) is 4.68. The third kappa shape index (κ3) is 1.76.